The van der Waals surface area contributed by atoms with Gasteiger partial charge >= 0.3 is 6.36 Å². The van der Waals surface area contributed by atoms with E-state index in [1.54, 1.807) is 0 Å². The second kappa shape index (κ2) is 7.50. The predicted molar refractivity (Wildman–Crippen MR) is 88.5 cm³/mol. The van der Waals surface area contributed by atoms with Gasteiger partial charge in [-0.25, -0.2) is 8.42 Å². The Balaban J connectivity index is 2.38. The van der Waals surface area contributed by atoms with Gasteiger partial charge in [-0.3, -0.25) is 4.72 Å². The molecule has 0 amide bonds. The minimum Gasteiger partial charge on any atom is -0.495 e. The molecule has 0 fully saturated rings. The van der Waals surface area contributed by atoms with Gasteiger partial charge in [0.2, 0.25) is 0 Å². The van der Waals surface area contributed by atoms with Gasteiger partial charge in [0.25, 0.3) is 10.0 Å². The lowest BCUT2D eigenvalue weighted by molar-refractivity contribution is -0.274. The third-order valence-electron chi connectivity index (χ3n) is 3.07. The number of methoxy groups -OCH3 is 2. The van der Waals surface area contributed by atoms with Gasteiger partial charge in [0.15, 0.2) is 0 Å². The minimum absolute atomic E-state index is 0.0135. The number of hydrogen-bond donors (Lipinski definition) is 1. The number of rotatable bonds is 6. The molecule has 1 N–H and O–H groups in total. The second-order valence-electron chi connectivity index (χ2n) is 4.82. The molecular weight excluding hydrogens is 399 g/mol. The largest absolute Gasteiger partial charge is 0.573 e. The van der Waals surface area contributed by atoms with Crippen LogP contribution in [-0.4, -0.2) is 29.0 Å². The van der Waals surface area contributed by atoms with Crippen molar-refractivity contribution in [3.8, 4) is 17.2 Å². The van der Waals surface area contributed by atoms with Crippen LogP contribution in [0, 0.1) is 0 Å². The molecule has 11 heteroatoms. The van der Waals surface area contributed by atoms with Crippen LogP contribution in [0.1, 0.15) is 0 Å². The lowest BCUT2D eigenvalue weighted by atomic mass is 10.3. The first kappa shape index (κ1) is 20.0. The SMILES string of the molecule is COc1cc(OC)c(NS(=O)(=O)c2cccc(OC(F)(F)F)c2)cc1Cl. The summed E-state index contributed by atoms with van der Waals surface area (Å²) in [5, 5.41) is 0.111. The molecule has 2 aromatic rings. The Morgan fingerprint density at radius 3 is 2.27 bits per heavy atom. The minimum atomic E-state index is -4.94. The van der Waals surface area contributed by atoms with Crippen LogP contribution in [0.25, 0.3) is 0 Å². The molecule has 0 unspecified atom stereocenters. The van der Waals surface area contributed by atoms with Gasteiger partial charge in [-0.2, -0.15) is 0 Å². The highest BCUT2D eigenvalue weighted by molar-refractivity contribution is 7.92. The van der Waals surface area contributed by atoms with Crippen molar-refractivity contribution >= 4 is 27.3 Å². The van der Waals surface area contributed by atoms with E-state index in [4.69, 9.17) is 21.1 Å². The first-order valence-electron chi connectivity index (χ1n) is 6.86. The fraction of sp³-hybridized carbons (Fsp3) is 0.200. The van der Waals surface area contributed by atoms with Crippen molar-refractivity contribution in [3.05, 3.63) is 41.4 Å². The van der Waals surface area contributed by atoms with Crippen molar-refractivity contribution in [2.75, 3.05) is 18.9 Å². The molecule has 0 bridgehead atoms. The molecule has 0 heterocycles. The smallest absolute Gasteiger partial charge is 0.495 e. The lowest BCUT2D eigenvalue weighted by Gasteiger charge is -2.15. The summed E-state index contributed by atoms with van der Waals surface area (Å²) in [5.41, 5.74) is -0.0135. The standard InChI is InChI=1S/C15H13ClF3NO5S/c1-23-13-8-14(24-2)12(7-11(13)16)20-26(21,22)10-5-3-4-9(6-10)25-15(17,18)19/h3-8,20H,1-2H3. The Morgan fingerprint density at radius 1 is 1.04 bits per heavy atom. The highest BCUT2D eigenvalue weighted by atomic mass is 35.5. The zero-order valence-corrected chi connectivity index (χ0v) is 15.0. The molecule has 2 rings (SSSR count). The van der Waals surface area contributed by atoms with Gasteiger partial charge < -0.3 is 14.2 Å². The Hall–Kier alpha value is -2.33. The Bertz CT molecular complexity index is 903. The van der Waals surface area contributed by atoms with Crippen molar-refractivity contribution in [2.45, 2.75) is 11.3 Å². The quantitative estimate of drug-likeness (QED) is 0.776. The van der Waals surface area contributed by atoms with Gasteiger partial charge in [-0.15, -0.1) is 13.2 Å². The van der Waals surface area contributed by atoms with Crippen LogP contribution in [0.15, 0.2) is 41.3 Å². The zero-order valence-electron chi connectivity index (χ0n) is 13.4. The third kappa shape index (κ3) is 4.85. The van der Waals surface area contributed by atoms with Gasteiger partial charge in [-0.1, -0.05) is 17.7 Å². The molecule has 0 atom stereocenters. The number of sulfonamides is 1. The van der Waals surface area contributed by atoms with Gasteiger partial charge in [0.1, 0.15) is 17.2 Å². The molecule has 0 aliphatic rings. The number of ether oxygens (including phenoxy) is 3. The Kier molecular flexibility index (Phi) is 5.77. The molecule has 0 saturated carbocycles. The molecule has 0 saturated heterocycles. The van der Waals surface area contributed by atoms with E-state index in [1.165, 1.54) is 26.4 Å². The van der Waals surface area contributed by atoms with Crippen molar-refractivity contribution in [3.63, 3.8) is 0 Å². The first-order valence-corrected chi connectivity index (χ1v) is 8.72. The number of hydrogen-bond acceptors (Lipinski definition) is 5. The average molecular weight is 412 g/mol. The molecule has 0 radical (unpaired) electrons. The first-order chi connectivity index (χ1) is 12.1. The summed E-state index contributed by atoms with van der Waals surface area (Å²) < 4.78 is 77.9. The van der Waals surface area contributed by atoms with E-state index in [2.05, 4.69) is 9.46 Å². The molecule has 26 heavy (non-hydrogen) atoms. The lowest BCUT2D eigenvalue weighted by Crippen LogP contribution is -2.18. The van der Waals surface area contributed by atoms with Gasteiger partial charge in [0.05, 0.1) is 29.8 Å². The molecule has 0 aliphatic heterocycles. The van der Waals surface area contributed by atoms with Crippen LogP contribution < -0.4 is 18.9 Å². The van der Waals surface area contributed by atoms with E-state index in [9.17, 15) is 21.6 Å². The highest BCUT2D eigenvalue weighted by Gasteiger charge is 2.31. The van der Waals surface area contributed by atoms with E-state index in [0.717, 1.165) is 24.3 Å². The fourth-order valence-electron chi connectivity index (χ4n) is 1.98. The van der Waals surface area contributed by atoms with E-state index >= 15 is 0 Å². The van der Waals surface area contributed by atoms with Crippen LogP contribution in [-0.2, 0) is 10.0 Å². The monoisotopic (exact) mass is 411 g/mol. The van der Waals surface area contributed by atoms with Crippen LogP contribution in [0.3, 0.4) is 0 Å². The molecule has 0 aliphatic carbocycles. The predicted octanol–water partition coefficient (Wildman–Crippen LogP) is 4.06. The number of alkyl halides is 3. The van der Waals surface area contributed by atoms with E-state index in [0.29, 0.717) is 0 Å². The Labute approximate surface area is 152 Å². The maximum Gasteiger partial charge on any atom is 0.573 e. The third-order valence-corrected chi connectivity index (χ3v) is 4.73. The van der Waals surface area contributed by atoms with Crippen LogP contribution in [0.2, 0.25) is 5.02 Å². The van der Waals surface area contributed by atoms with Crippen molar-refractivity contribution in [1.29, 1.82) is 0 Å². The highest BCUT2D eigenvalue weighted by Crippen LogP contribution is 2.37. The molecule has 0 spiro atoms. The van der Waals surface area contributed by atoms with Crippen molar-refractivity contribution in [1.82, 2.24) is 0 Å². The maximum atomic E-state index is 12.5. The normalized spacial score (nSPS) is 11.8. The summed E-state index contributed by atoms with van der Waals surface area (Å²) in [6, 6.07) is 6.58. The summed E-state index contributed by atoms with van der Waals surface area (Å²) in [5.74, 6) is -0.301. The molecular formula is C15H13ClF3NO5S. The van der Waals surface area contributed by atoms with Crippen LogP contribution >= 0.6 is 11.6 Å². The van der Waals surface area contributed by atoms with Crippen LogP contribution in [0.4, 0.5) is 18.9 Å². The topological polar surface area (TPSA) is 73.9 Å². The molecule has 0 aromatic heterocycles. The van der Waals surface area contributed by atoms with Gasteiger partial charge in [0, 0.05) is 12.1 Å². The van der Waals surface area contributed by atoms with Crippen LogP contribution in [0.5, 0.6) is 17.2 Å². The number of anilines is 1. The summed E-state index contributed by atoms with van der Waals surface area (Å²) in [4.78, 5) is -0.437. The summed E-state index contributed by atoms with van der Waals surface area (Å²) in [7, 11) is -1.56. The number of benzene rings is 2. The summed E-state index contributed by atoms with van der Waals surface area (Å²) in [6.45, 7) is 0. The number of nitrogens with one attached hydrogen (secondary N) is 1. The number of halogens is 4. The molecule has 2 aromatic carbocycles. The van der Waals surface area contributed by atoms with E-state index in [-0.39, 0.29) is 22.2 Å². The van der Waals surface area contributed by atoms with Crippen molar-refractivity contribution < 1.29 is 35.8 Å². The zero-order chi connectivity index (χ0) is 19.5. The maximum absolute atomic E-state index is 12.5. The second-order valence-corrected chi connectivity index (χ2v) is 6.90. The summed E-state index contributed by atoms with van der Waals surface area (Å²) >= 11 is 5.97. The van der Waals surface area contributed by atoms with Crippen molar-refractivity contribution in [2.24, 2.45) is 0 Å². The fourth-order valence-corrected chi connectivity index (χ4v) is 3.32. The average Bonchev–Trinajstić information content (AvgIpc) is 2.53. The Morgan fingerprint density at radius 2 is 1.69 bits per heavy atom. The van der Waals surface area contributed by atoms with E-state index in [1.807, 2.05) is 0 Å². The van der Waals surface area contributed by atoms with Gasteiger partial charge in [-0.05, 0) is 18.2 Å². The summed E-state index contributed by atoms with van der Waals surface area (Å²) in [6.07, 6.45) is -4.94. The van der Waals surface area contributed by atoms with E-state index < -0.39 is 27.0 Å². The molecule has 142 valence electrons. The molecule has 6 nitrogen and oxygen atoms in total.